The van der Waals surface area contributed by atoms with Crippen LogP contribution in [-0.2, 0) is 9.53 Å². The molecular weight excluding hydrogens is 204 g/mol. The minimum atomic E-state index is 0.310. The lowest BCUT2D eigenvalue weighted by Crippen LogP contribution is -2.43. The Morgan fingerprint density at radius 3 is 2.56 bits per heavy atom. The highest BCUT2D eigenvalue weighted by atomic mass is 16.5. The van der Waals surface area contributed by atoms with E-state index in [-0.39, 0.29) is 0 Å². The van der Waals surface area contributed by atoms with Gasteiger partial charge in [-0.2, -0.15) is 0 Å². The minimum absolute atomic E-state index is 0.310. The Hall–Kier alpha value is -0.610. The van der Waals surface area contributed by atoms with Crippen molar-refractivity contribution >= 4 is 6.41 Å². The first kappa shape index (κ1) is 13.5. The Morgan fingerprint density at radius 1 is 1.44 bits per heavy atom. The molecule has 1 rings (SSSR count). The van der Waals surface area contributed by atoms with Crippen molar-refractivity contribution in [3.05, 3.63) is 0 Å². The van der Waals surface area contributed by atoms with Crippen LogP contribution in [0.15, 0.2) is 0 Å². The van der Waals surface area contributed by atoms with Crippen LogP contribution >= 0.6 is 0 Å². The Morgan fingerprint density at radius 2 is 2.06 bits per heavy atom. The molecule has 1 aliphatic rings. The van der Waals surface area contributed by atoms with E-state index in [1.54, 1.807) is 0 Å². The van der Waals surface area contributed by atoms with Crippen LogP contribution in [0.3, 0.4) is 0 Å². The molecule has 94 valence electrons. The fourth-order valence-electron chi connectivity index (χ4n) is 2.05. The van der Waals surface area contributed by atoms with Gasteiger partial charge in [0.1, 0.15) is 0 Å². The van der Waals surface area contributed by atoms with Gasteiger partial charge in [0.25, 0.3) is 0 Å². The van der Waals surface area contributed by atoms with Crippen LogP contribution in [-0.4, -0.2) is 61.6 Å². The average molecular weight is 228 g/mol. The molecule has 0 aromatic carbocycles. The number of hydrogen-bond donors (Lipinski definition) is 0. The fourth-order valence-corrected chi connectivity index (χ4v) is 2.05. The van der Waals surface area contributed by atoms with E-state index in [0.29, 0.717) is 12.1 Å². The SMILES string of the molecule is CC(C)OCCN(C)C1CCN(C=O)CC1. The van der Waals surface area contributed by atoms with E-state index in [2.05, 4.69) is 25.8 Å². The number of likely N-dealkylation sites (tertiary alicyclic amines) is 1. The molecule has 0 bridgehead atoms. The Balaban J connectivity index is 2.17. The Kier molecular flexibility index (Phi) is 5.77. The largest absolute Gasteiger partial charge is 0.377 e. The monoisotopic (exact) mass is 228 g/mol. The summed E-state index contributed by atoms with van der Waals surface area (Å²) in [7, 11) is 2.14. The highest BCUT2D eigenvalue weighted by Crippen LogP contribution is 2.13. The molecule has 1 amide bonds. The van der Waals surface area contributed by atoms with Crippen LogP contribution in [0.5, 0.6) is 0 Å². The second-order valence-electron chi connectivity index (χ2n) is 4.77. The standard InChI is InChI=1S/C12H24N2O2/c1-11(2)16-9-8-13(3)12-4-6-14(10-15)7-5-12/h10-12H,4-9H2,1-3H3. The number of nitrogens with zero attached hydrogens (tertiary/aromatic N) is 2. The zero-order chi connectivity index (χ0) is 12.0. The van der Waals surface area contributed by atoms with Gasteiger partial charge in [-0.3, -0.25) is 4.79 Å². The zero-order valence-electron chi connectivity index (χ0n) is 10.7. The van der Waals surface area contributed by atoms with Gasteiger partial charge in [-0.05, 0) is 33.7 Å². The Bertz CT molecular complexity index is 201. The van der Waals surface area contributed by atoms with E-state index >= 15 is 0 Å². The lowest BCUT2D eigenvalue weighted by Gasteiger charge is -2.35. The van der Waals surface area contributed by atoms with Gasteiger partial charge in [-0.25, -0.2) is 0 Å². The molecule has 0 aromatic heterocycles. The smallest absolute Gasteiger partial charge is 0.209 e. The van der Waals surface area contributed by atoms with Gasteiger partial charge in [0.15, 0.2) is 0 Å². The van der Waals surface area contributed by atoms with Gasteiger partial charge in [-0.1, -0.05) is 0 Å². The van der Waals surface area contributed by atoms with E-state index in [4.69, 9.17) is 4.74 Å². The first-order chi connectivity index (χ1) is 7.63. The minimum Gasteiger partial charge on any atom is -0.377 e. The van der Waals surface area contributed by atoms with Gasteiger partial charge < -0.3 is 14.5 Å². The molecule has 0 spiro atoms. The van der Waals surface area contributed by atoms with Gasteiger partial charge in [0, 0.05) is 25.7 Å². The number of rotatable bonds is 6. The summed E-state index contributed by atoms with van der Waals surface area (Å²) in [6, 6.07) is 0.604. The third-order valence-electron chi connectivity index (χ3n) is 3.17. The summed E-state index contributed by atoms with van der Waals surface area (Å²) in [6.07, 6.45) is 3.43. The van der Waals surface area contributed by atoms with E-state index in [9.17, 15) is 4.79 Å². The van der Waals surface area contributed by atoms with E-state index in [0.717, 1.165) is 45.5 Å². The molecule has 0 N–H and O–H groups in total. The lowest BCUT2D eigenvalue weighted by molar-refractivity contribution is -0.119. The molecule has 1 aliphatic heterocycles. The topological polar surface area (TPSA) is 32.8 Å². The quantitative estimate of drug-likeness (QED) is 0.635. The second-order valence-corrected chi connectivity index (χ2v) is 4.77. The van der Waals surface area contributed by atoms with Crippen LogP contribution in [0.1, 0.15) is 26.7 Å². The van der Waals surface area contributed by atoms with Crippen LogP contribution in [0, 0.1) is 0 Å². The highest BCUT2D eigenvalue weighted by molar-refractivity contribution is 5.47. The second kappa shape index (κ2) is 6.86. The first-order valence-corrected chi connectivity index (χ1v) is 6.14. The molecule has 0 radical (unpaired) electrons. The molecule has 4 heteroatoms. The molecule has 0 aliphatic carbocycles. The number of carbonyl (C=O) groups excluding carboxylic acids is 1. The summed E-state index contributed by atoms with van der Waals surface area (Å²) in [5.74, 6) is 0. The number of hydrogen-bond acceptors (Lipinski definition) is 3. The number of ether oxygens (including phenoxy) is 1. The van der Waals surface area contributed by atoms with Crippen molar-refractivity contribution in [3.8, 4) is 0 Å². The molecular formula is C12H24N2O2. The van der Waals surface area contributed by atoms with E-state index in [1.807, 2.05) is 4.90 Å². The molecule has 1 saturated heterocycles. The maximum atomic E-state index is 10.6. The number of likely N-dealkylation sites (N-methyl/N-ethyl adjacent to an activating group) is 1. The lowest BCUT2D eigenvalue weighted by atomic mass is 10.0. The van der Waals surface area contributed by atoms with E-state index in [1.165, 1.54) is 0 Å². The molecule has 0 saturated carbocycles. The van der Waals surface area contributed by atoms with Crippen LogP contribution in [0.2, 0.25) is 0 Å². The van der Waals surface area contributed by atoms with Crippen molar-refractivity contribution in [1.29, 1.82) is 0 Å². The predicted molar refractivity (Wildman–Crippen MR) is 64.4 cm³/mol. The summed E-state index contributed by atoms with van der Waals surface area (Å²) in [5.41, 5.74) is 0. The molecule has 1 heterocycles. The number of piperidine rings is 1. The van der Waals surface area contributed by atoms with Crippen molar-refractivity contribution in [3.63, 3.8) is 0 Å². The predicted octanol–water partition coefficient (Wildman–Crippen LogP) is 0.964. The number of amides is 1. The summed E-state index contributed by atoms with van der Waals surface area (Å²) < 4.78 is 5.54. The molecule has 16 heavy (non-hydrogen) atoms. The van der Waals surface area contributed by atoms with Crippen molar-refractivity contribution in [2.45, 2.75) is 38.8 Å². The highest BCUT2D eigenvalue weighted by Gasteiger charge is 2.21. The van der Waals surface area contributed by atoms with Crippen molar-refractivity contribution in [2.75, 3.05) is 33.3 Å². The third kappa shape index (κ3) is 4.49. The fraction of sp³-hybridized carbons (Fsp3) is 0.917. The summed E-state index contributed by atoms with van der Waals surface area (Å²) >= 11 is 0. The maximum absolute atomic E-state index is 10.6. The van der Waals surface area contributed by atoms with Crippen LogP contribution in [0.4, 0.5) is 0 Å². The van der Waals surface area contributed by atoms with Gasteiger partial charge in [0.05, 0.1) is 12.7 Å². The average Bonchev–Trinajstić information content (AvgIpc) is 2.28. The number of carbonyl (C=O) groups is 1. The summed E-state index contributed by atoms with van der Waals surface area (Å²) in [6.45, 7) is 7.67. The first-order valence-electron chi connectivity index (χ1n) is 6.14. The van der Waals surface area contributed by atoms with Crippen molar-refractivity contribution in [2.24, 2.45) is 0 Å². The Labute approximate surface area is 98.5 Å². The summed E-state index contributed by atoms with van der Waals surface area (Å²) in [4.78, 5) is 14.8. The third-order valence-corrected chi connectivity index (χ3v) is 3.17. The van der Waals surface area contributed by atoms with Gasteiger partial charge >= 0.3 is 0 Å². The van der Waals surface area contributed by atoms with Crippen molar-refractivity contribution < 1.29 is 9.53 Å². The summed E-state index contributed by atoms with van der Waals surface area (Å²) in [5, 5.41) is 0. The molecule has 1 fully saturated rings. The van der Waals surface area contributed by atoms with Crippen LogP contribution < -0.4 is 0 Å². The van der Waals surface area contributed by atoms with Gasteiger partial charge in [0.2, 0.25) is 6.41 Å². The zero-order valence-corrected chi connectivity index (χ0v) is 10.7. The normalized spacial score (nSPS) is 18.4. The molecule has 4 nitrogen and oxygen atoms in total. The van der Waals surface area contributed by atoms with Crippen molar-refractivity contribution in [1.82, 2.24) is 9.80 Å². The maximum Gasteiger partial charge on any atom is 0.209 e. The van der Waals surface area contributed by atoms with Crippen LogP contribution in [0.25, 0.3) is 0 Å². The molecule has 0 atom stereocenters. The van der Waals surface area contributed by atoms with Gasteiger partial charge in [-0.15, -0.1) is 0 Å². The van der Waals surface area contributed by atoms with E-state index < -0.39 is 0 Å². The molecule has 0 aromatic rings. The molecule has 0 unspecified atom stereocenters.